The van der Waals surface area contributed by atoms with Crippen molar-refractivity contribution in [3.63, 3.8) is 0 Å². The quantitative estimate of drug-likeness (QED) is 0.834. The first kappa shape index (κ1) is 14.2. The minimum Gasteiger partial charge on any atom is -0.327 e. The molecule has 1 aromatic rings. The minimum absolute atomic E-state index is 0.143. The van der Waals surface area contributed by atoms with Gasteiger partial charge in [0.15, 0.2) is 0 Å². The minimum atomic E-state index is -3.44. The van der Waals surface area contributed by atoms with Crippen molar-refractivity contribution in [3.8, 4) is 0 Å². The lowest BCUT2D eigenvalue weighted by Crippen LogP contribution is -2.36. The Morgan fingerprint density at radius 1 is 1.24 bits per heavy atom. The van der Waals surface area contributed by atoms with Gasteiger partial charge in [0.2, 0.25) is 10.0 Å². The summed E-state index contributed by atoms with van der Waals surface area (Å²) >= 11 is 0. The van der Waals surface area contributed by atoms with Gasteiger partial charge in [-0.05, 0) is 43.5 Å². The lowest BCUT2D eigenvalue weighted by Gasteiger charge is -2.12. The standard InChI is InChI=1S/C12H20N2O2S/c1-4-11(13)8-14-17(15,16)12-6-9(2)5-10(3)7-12/h5-7,11,14H,4,8,13H2,1-3H3. The topological polar surface area (TPSA) is 72.2 Å². The molecule has 0 heterocycles. The lowest BCUT2D eigenvalue weighted by molar-refractivity contribution is 0.564. The highest BCUT2D eigenvalue weighted by Gasteiger charge is 2.15. The largest absolute Gasteiger partial charge is 0.327 e. The first-order valence-corrected chi connectivity index (χ1v) is 7.17. The predicted octanol–water partition coefficient (Wildman–Crippen LogP) is 1.32. The first-order valence-electron chi connectivity index (χ1n) is 5.68. The van der Waals surface area contributed by atoms with E-state index in [4.69, 9.17) is 5.73 Å². The van der Waals surface area contributed by atoms with Crippen LogP contribution in [0.4, 0.5) is 0 Å². The second-order valence-electron chi connectivity index (χ2n) is 4.34. The van der Waals surface area contributed by atoms with Gasteiger partial charge in [-0.2, -0.15) is 0 Å². The Labute approximate surface area is 103 Å². The molecule has 1 atom stereocenters. The summed E-state index contributed by atoms with van der Waals surface area (Å²) in [5, 5.41) is 0. The summed E-state index contributed by atoms with van der Waals surface area (Å²) in [7, 11) is -3.44. The molecule has 0 saturated carbocycles. The lowest BCUT2D eigenvalue weighted by atomic mass is 10.2. The van der Waals surface area contributed by atoms with E-state index >= 15 is 0 Å². The number of rotatable bonds is 5. The number of hydrogen-bond donors (Lipinski definition) is 2. The second-order valence-corrected chi connectivity index (χ2v) is 6.11. The van der Waals surface area contributed by atoms with E-state index in [2.05, 4.69) is 4.72 Å². The fraction of sp³-hybridized carbons (Fsp3) is 0.500. The molecule has 0 bridgehead atoms. The van der Waals surface area contributed by atoms with Gasteiger partial charge < -0.3 is 5.73 Å². The Morgan fingerprint density at radius 2 is 1.76 bits per heavy atom. The molecule has 17 heavy (non-hydrogen) atoms. The SMILES string of the molecule is CCC(N)CNS(=O)(=O)c1cc(C)cc(C)c1. The Kier molecular flexibility index (Phi) is 4.68. The molecule has 0 radical (unpaired) electrons. The van der Waals surface area contributed by atoms with Crippen molar-refractivity contribution in [1.82, 2.24) is 4.72 Å². The van der Waals surface area contributed by atoms with Crippen LogP contribution in [0.1, 0.15) is 24.5 Å². The van der Waals surface area contributed by atoms with E-state index in [9.17, 15) is 8.42 Å². The molecule has 0 aliphatic heterocycles. The van der Waals surface area contributed by atoms with Crippen molar-refractivity contribution in [3.05, 3.63) is 29.3 Å². The molecule has 1 unspecified atom stereocenters. The molecule has 0 amide bonds. The van der Waals surface area contributed by atoms with Gasteiger partial charge in [0.05, 0.1) is 4.90 Å². The zero-order valence-corrected chi connectivity index (χ0v) is 11.3. The van der Waals surface area contributed by atoms with Crippen molar-refractivity contribution < 1.29 is 8.42 Å². The van der Waals surface area contributed by atoms with Gasteiger partial charge in [-0.25, -0.2) is 13.1 Å². The molecule has 5 heteroatoms. The van der Waals surface area contributed by atoms with E-state index in [1.807, 2.05) is 26.8 Å². The Bertz CT molecular complexity index is 463. The molecule has 0 spiro atoms. The maximum atomic E-state index is 12.0. The number of hydrogen-bond acceptors (Lipinski definition) is 3. The molecule has 0 fully saturated rings. The van der Waals surface area contributed by atoms with Gasteiger partial charge in [-0.15, -0.1) is 0 Å². The maximum absolute atomic E-state index is 12.0. The number of aryl methyl sites for hydroxylation is 2. The molecule has 3 N–H and O–H groups in total. The van der Waals surface area contributed by atoms with Crippen LogP contribution in [0.15, 0.2) is 23.1 Å². The summed E-state index contributed by atoms with van der Waals surface area (Å²) in [6.45, 7) is 5.95. The fourth-order valence-corrected chi connectivity index (χ4v) is 2.81. The van der Waals surface area contributed by atoms with Crippen molar-refractivity contribution >= 4 is 10.0 Å². The normalized spacial score (nSPS) is 13.6. The van der Waals surface area contributed by atoms with E-state index < -0.39 is 10.0 Å². The summed E-state index contributed by atoms with van der Waals surface area (Å²) < 4.78 is 26.5. The molecule has 1 rings (SSSR count). The van der Waals surface area contributed by atoms with Crippen LogP contribution in [-0.4, -0.2) is 21.0 Å². The third kappa shape index (κ3) is 4.11. The van der Waals surface area contributed by atoms with Crippen molar-refractivity contribution in [2.24, 2.45) is 5.73 Å². The van der Waals surface area contributed by atoms with Crippen LogP contribution in [0.25, 0.3) is 0 Å². The average Bonchev–Trinajstić information content (AvgIpc) is 2.24. The van der Waals surface area contributed by atoms with Gasteiger partial charge >= 0.3 is 0 Å². The van der Waals surface area contributed by atoms with E-state index in [0.29, 0.717) is 4.90 Å². The molecule has 0 saturated heterocycles. The first-order chi connectivity index (χ1) is 7.85. The second kappa shape index (κ2) is 5.62. The summed E-state index contributed by atoms with van der Waals surface area (Å²) in [5.74, 6) is 0. The van der Waals surface area contributed by atoms with Crippen LogP contribution >= 0.6 is 0 Å². The summed E-state index contributed by atoms with van der Waals surface area (Å²) in [6, 6.07) is 5.12. The van der Waals surface area contributed by atoms with Crippen LogP contribution in [0.5, 0.6) is 0 Å². The van der Waals surface area contributed by atoms with Crippen LogP contribution in [0, 0.1) is 13.8 Å². The molecular weight excluding hydrogens is 236 g/mol. The molecule has 0 aliphatic rings. The van der Waals surface area contributed by atoms with E-state index in [0.717, 1.165) is 17.5 Å². The highest BCUT2D eigenvalue weighted by Crippen LogP contribution is 2.14. The molecule has 4 nitrogen and oxygen atoms in total. The Morgan fingerprint density at radius 3 is 2.24 bits per heavy atom. The average molecular weight is 256 g/mol. The Hall–Kier alpha value is -0.910. The highest BCUT2D eigenvalue weighted by molar-refractivity contribution is 7.89. The maximum Gasteiger partial charge on any atom is 0.240 e. The monoisotopic (exact) mass is 256 g/mol. The van der Waals surface area contributed by atoms with Gasteiger partial charge in [-0.1, -0.05) is 13.0 Å². The third-order valence-corrected chi connectivity index (χ3v) is 3.97. The van der Waals surface area contributed by atoms with Gasteiger partial charge in [0.25, 0.3) is 0 Å². The van der Waals surface area contributed by atoms with Gasteiger partial charge in [-0.3, -0.25) is 0 Å². The van der Waals surface area contributed by atoms with Gasteiger partial charge in [0, 0.05) is 12.6 Å². The molecule has 1 aromatic carbocycles. The van der Waals surface area contributed by atoms with E-state index in [1.54, 1.807) is 12.1 Å². The summed E-state index contributed by atoms with van der Waals surface area (Å²) in [4.78, 5) is 0.304. The van der Waals surface area contributed by atoms with Crippen LogP contribution in [0.3, 0.4) is 0 Å². The number of benzene rings is 1. The van der Waals surface area contributed by atoms with Crippen LogP contribution < -0.4 is 10.5 Å². The van der Waals surface area contributed by atoms with Crippen molar-refractivity contribution in [1.29, 1.82) is 0 Å². The zero-order valence-electron chi connectivity index (χ0n) is 10.5. The van der Waals surface area contributed by atoms with E-state index in [1.165, 1.54) is 0 Å². The summed E-state index contributed by atoms with van der Waals surface area (Å²) in [5.41, 5.74) is 7.56. The molecular formula is C12H20N2O2S. The third-order valence-electron chi connectivity index (χ3n) is 2.57. The van der Waals surface area contributed by atoms with Crippen molar-refractivity contribution in [2.75, 3.05) is 6.54 Å². The molecule has 96 valence electrons. The fourth-order valence-electron chi connectivity index (χ4n) is 1.53. The number of sulfonamides is 1. The van der Waals surface area contributed by atoms with Crippen LogP contribution in [-0.2, 0) is 10.0 Å². The zero-order chi connectivity index (χ0) is 13.1. The molecule has 0 aromatic heterocycles. The number of nitrogens with two attached hydrogens (primary N) is 1. The van der Waals surface area contributed by atoms with Crippen molar-refractivity contribution in [2.45, 2.75) is 38.1 Å². The smallest absolute Gasteiger partial charge is 0.240 e. The molecule has 0 aliphatic carbocycles. The Balaban J connectivity index is 2.89. The number of nitrogens with one attached hydrogen (secondary N) is 1. The predicted molar refractivity (Wildman–Crippen MR) is 69.4 cm³/mol. The highest BCUT2D eigenvalue weighted by atomic mass is 32.2. The summed E-state index contributed by atoms with van der Waals surface area (Å²) in [6.07, 6.45) is 0.745. The van der Waals surface area contributed by atoms with Gasteiger partial charge in [0.1, 0.15) is 0 Å². The van der Waals surface area contributed by atoms with E-state index in [-0.39, 0.29) is 12.6 Å². The van der Waals surface area contributed by atoms with Crippen LogP contribution in [0.2, 0.25) is 0 Å².